The highest BCUT2D eigenvalue weighted by Gasteiger charge is 2.90. The Kier molecular flexibility index (Phi) is 2.46. The lowest BCUT2D eigenvalue weighted by molar-refractivity contribution is -0.221. The third-order valence-electron chi connectivity index (χ3n) is 10.4. The number of aliphatic hydroxyl groups excluding tert-OH is 2. The first kappa shape index (κ1) is 15.9. The molecule has 6 saturated carbocycles. The van der Waals surface area contributed by atoms with Crippen LogP contribution >= 0.6 is 0 Å². The number of fused-ring (bicyclic) bond motifs is 1. The molecule has 1 unspecified atom stereocenters. The Bertz CT molecular complexity index is 812. The van der Waals surface area contributed by atoms with Crippen LogP contribution in [0.15, 0.2) is 12.2 Å². The van der Waals surface area contributed by atoms with Gasteiger partial charge in [0.05, 0.1) is 12.2 Å². The van der Waals surface area contributed by atoms with Crippen LogP contribution in [0.1, 0.15) is 39.5 Å². The molecule has 0 amide bonds. The van der Waals surface area contributed by atoms with Crippen LogP contribution in [0.5, 0.6) is 0 Å². The van der Waals surface area contributed by atoms with Gasteiger partial charge in [0.25, 0.3) is 0 Å². The number of hydrogen-bond acceptors (Lipinski definition) is 5. The number of piperidine rings is 2. The molecule has 0 aromatic heterocycles. The number of esters is 1. The van der Waals surface area contributed by atoms with Crippen molar-refractivity contribution in [3.8, 4) is 0 Å². The standard InChI is InChI=1S/C22H29NO4/c1-9-4-21-7-12-17-20(3)5-11(25)6-22(17)18(21)15(26)13(9)16(27-10(2)24)14(21)19(22)23(12)8-20/h11-19,25-26H,1,4-8H2,2-3H3/t11-,12-,13+,14+,15+,16-,17+,18+,19+,20-,21-,22-/m0/s1. The van der Waals surface area contributed by atoms with Crippen LogP contribution in [0, 0.1) is 39.9 Å². The summed E-state index contributed by atoms with van der Waals surface area (Å²) in [5.41, 5.74) is 1.24. The highest BCUT2D eigenvalue weighted by molar-refractivity contribution is 5.66. The zero-order valence-electron chi connectivity index (χ0n) is 16.1. The molecule has 5 nitrogen and oxygen atoms in total. The Morgan fingerprint density at radius 1 is 1.26 bits per heavy atom. The van der Waals surface area contributed by atoms with Crippen molar-refractivity contribution >= 4 is 5.97 Å². The van der Waals surface area contributed by atoms with E-state index >= 15 is 0 Å². The lowest BCUT2D eigenvalue weighted by Gasteiger charge is -2.66. The summed E-state index contributed by atoms with van der Waals surface area (Å²) >= 11 is 0. The van der Waals surface area contributed by atoms with Crippen molar-refractivity contribution in [2.75, 3.05) is 6.54 Å². The molecule has 146 valence electrons. The van der Waals surface area contributed by atoms with Crippen LogP contribution in [-0.2, 0) is 9.53 Å². The number of ether oxygens (including phenoxy) is 1. The first-order valence-corrected chi connectivity index (χ1v) is 10.7. The molecule has 2 spiro atoms. The summed E-state index contributed by atoms with van der Waals surface area (Å²) in [7, 11) is 0. The van der Waals surface area contributed by atoms with E-state index in [0.29, 0.717) is 23.9 Å². The van der Waals surface area contributed by atoms with E-state index in [4.69, 9.17) is 4.74 Å². The van der Waals surface area contributed by atoms with Gasteiger partial charge in [0, 0.05) is 37.4 Å². The Labute approximate surface area is 159 Å². The second-order valence-corrected chi connectivity index (χ2v) is 11.4. The lowest BCUT2D eigenvalue weighted by atomic mass is 9.39. The van der Waals surface area contributed by atoms with Gasteiger partial charge in [-0.2, -0.15) is 0 Å². The fraction of sp³-hybridized carbons (Fsp3) is 0.864. The Morgan fingerprint density at radius 3 is 2.78 bits per heavy atom. The highest BCUT2D eigenvalue weighted by Crippen LogP contribution is 2.87. The zero-order valence-corrected chi connectivity index (χ0v) is 16.1. The molecule has 3 heterocycles. The Morgan fingerprint density at radius 2 is 2.04 bits per heavy atom. The number of rotatable bonds is 1. The van der Waals surface area contributed by atoms with E-state index in [1.807, 2.05) is 0 Å². The molecule has 5 heteroatoms. The van der Waals surface area contributed by atoms with Crippen molar-refractivity contribution < 1.29 is 19.7 Å². The molecule has 0 aromatic rings. The molecule has 0 radical (unpaired) electrons. The largest absolute Gasteiger partial charge is 0.461 e. The molecular formula is C22H29NO4. The molecule has 9 rings (SSSR count). The van der Waals surface area contributed by atoms with E-state index in [1.165, 1.54) is 6.92 Å². The van der Waals surface area contributed by atoms with Crippen LogP contribution in [0.25, 0.3) is 0 Å². The molecule has 0 aromatic carbocycles. The first-order valence-electron chi connectivity index (χ1n) is 10.7. The van der Waals surface area contributed by atoms with E-state index in [2.05, 4.69) is 18.4 Å². The molecular weight excluding hydrogens is 342 g/mol. The van der Waals surface area contributed by atoms with E-state index < -0.39 is 6.10 Å². The zero-order chi connectivity index (χ0) is 18.7. The van der Waals surface area contributed by atoms with Crippen molar-refractivity contribution in [3.05, 3.63) is 12.2 Å². The fourth-order valence-electron chi connectivity index (χ4n) is 11.0. The van der Waals surface area contributed by atoms with Gasteiger partial charge in [0.2, 0.25) is 0 Å². The van der Waals surface area contributed by atoms with Crippen molar-refractivity contribution in [1.82, 2.24) is 4.90 Å². The predicted octanol–water partition coefficient (Wildman–Crippen LogP) is 1.33. The molecule has 6 aliphatic carbocycles. The summed E-state index contributed by atoms with van der Waals surface area (Å²) in [5, 5.41) is 22.5. The van der Waals surface area contributed by atoms with Gasteiger partial charge in [-0.3, -0.25) is 9.69 Å². The van der Waals surface area contributed by atoms with E-state index in [0.717, 1.165) is 37.8 Å². The topological polar surface area (TPSA) is 70.0 Å². The molecule has 3 aliphatic heterocycles. The molecule has 3 saturated heterocycles. The number of aliphatic hydroxyl groups is 2. The number of carbonyl (C=O) groups excluding carboxylic acids is 1. The molecule has 9 fully saturated rings. The fourth-order valence-corrected chi connectivity index (χ4v) is 11.0. The van der Waals surface area contributed by atoms with Crippen molar-refractivity contribution in [2.24, 2.45) is 39.9 Å². The third-order valence-corrected chi connectivity index (χ3v) is 10.4. The van der Waals surface area contributed by atoms with Gasteiger partial charge in [-0.05, 0) is 53.8 Å². The average Bonchev–Trinajstić information content (AvgIpc) is 2.95. The second kappa shape index (κ2) is 4.17. The van der Waals surface area contributed by atoms with Gasteiger partial charge in [-0.15, -0.1) is 0 Å². The predicted molar refractivity (Wildman–Crippen MR) is 96.4 cm³/mol. The molecule has 27 heavy (non-hydrogen) atoms. The normalized spacial score (nSPS) is 68.7. The van der Waals surface area contributed by atoms with Gasteiger partial charge in [-0.1, -0.05) is 19.1 Å². The van der Waals surface area contributed by atoms with Crippen molar-refractivity contribution in [2.45, 2.75) is 69.9 Å². The second-order valence-electron chi connectivity index (χ2n) is 11.4. The summed E-state index contributed by atoms with van der Waals surface area (Å²) in [5.74, 6) is 0.709. The summed E-state index contributed by atoms with van der Waals surface area (Å²) in [6, 6.07) is 0.930. The van der Waals surface area contributed by atoms with Gasteiger partial charge < -0.3 is 14.9 Å². The van der Waals surface area contributed by atoms with Crippen LogP contribution < -0.4 is 0 Å². The van der Waals surface area contributed by atoms with E-state index in [-0.39, 0.29) is 46.3 Å². The van der Waals surface area contributed by atoms with Gasteiger partial charge in [0.15, 0.2) is 0 Å². The maximum atomic E-state index is 12.0. The van der Waals surface area contributed by atoms with E-state index in [9.17, 15) is 15.0 Å². The highest BCUT2D eigenvalue weighted by atomic mass is 16.5. The Hall–Kier alpha value is -0.910. The minimum absolute atomic E-state index is 0.00842. The number of carbonyl (C=O) groups is 1. The molecule has 9 bridgehead atoms. The first-order chi connectivity index (χ1) is 12.7. The SMILES string of the molecule is C=C1C[C@@]23C[C@H]4[C@@H]5[C@@]6(C)C[C@H](O)C[C@@]57[C@@H]2[C@H](O)[C@@H]1[C@H](OC(C)=O)[C@@H]3[C@H]7N4C6. The van der Waals surface area contributed by atoms with Gasteiger partial charge in [0.1, 0.15) is 6.10 Å². The van der Waals surface area contributed by atoms with Crippen molar-refractivity contribution in [3.63, 3.8) is 0 Å². The maximum absolute atomic E-state index is 12.0. The minimum Gasteiger partial charge on any atom is -0.461 e. The Balaban J connectivity index is 1.49. The van der Waals surface area contributed by atoms with Gasteiger partial charge >= 0.3 is 5.97 Å². The number of nitrogens with zero attached hydrogens (tertiary/aromatic N) is 1. The number of hydrogen-bond donors (Lipinski definition) is 2. The summed E-state index contributed by atoms with van der Waals surface area (Å²) in [4.78, 5) is 14.7. The van der Waals surface area contributed by atoms with Crippen LogP contribution in [0.3, 0.4) is 0 Å². The van der Waals surface area contributed by atoms with Crippen molar-refractivity contribution in [1.29, 1.82) is 0 Å². The summed E-state index contributed by atoms with van der Waals surface area (Å²) in [6.45, 7) is 9.25. The molecule has 9 aliphatic rings. The molecule has 2 N–H and O–H groups in total. The van der Waals surface area contributed by atoms with Crippen LogP contribution in [0.4, 0.5) is 0 Å². The third kappa shape index (κ3) is 1.34. The van der Waals surface area contributed by atoms with Crippen LogP contribution in [-0.4, -0.2) is 58.0 Å². The summed E-state index contributed by atoms with van der Waals surface area (Å²) < 4.78 is 5.94. The summed E-state index contributed by atoms with van der Waals surface area (Å²) in [6.07, 6.45) is 2.78. The lowest BCUT2D eigenvalue weighted by Crippen LogP contribution is -2.68. The quantitative estimate of drug-likeness (QED) is 0.538. The van der Waals surface area contributed by atoms with Crippen LogP contribution in [0.2, 0.25) is 0 Å². The monoisotopic (exact) mass is 371 g/mol. The average molecular weight is 371 g/mol. The maximum Gasteiger partial charge on any atom is 0.302 e. The smallest absolute Gasteiger partial charge is 0.302 e. The van der Waals surface area contributed by atoms with Gasteiger partial charge in [-0.25, -0.2) is 0 Å². The molecule has 13 atom stereocenters. The van der Waals surface area contributed by atoms with E-state index in [1.54, 1.807) is 0 Å². The minimum atomic E-state index is -0.493.